The Hall–Kier alpha value is -1.22. The van der Waals surface area contributed by atoms with Gasteiger partial charge < -0.3 is 15.0 Å². The van der Waals surface area contributed by atoms with Crippen LogP contribution in [0.15, 0.2) is 24.3 Å². The van der Waals surface area contributed by atoms with E-state index in [1.807, 2.05) is 0 Å². The van der Waals surface area contributed by atoms with Crippen LogP contribution >= 0.6 is 0 Å². The summed E-state index contributed by atoms with van der Waals surface area (Å²) in [5.74, 6) is 1.92. The number of anilines is 1. The number of hydrogen-bond donors (Lipinski definition) is 1. The molecule has 98 valence electrons. The van der Waals surface area contributed by atoms with Crippen LogP contribution in [0.4, 0.5) is 5.69 Å². The van der Waals surface area contributed by atoms with Gasteiger partial charge in [0.15, 0.2) is 0 Å². The maximum atomic E-state index is 5.80. The smallest absolute Gasteiger partial charge is 0.142 e. The minimum atomic E-state index is 0.846. The molecule has 3 heteroatoms. The molecule has 1 aromatic carbocycles. The minimum Gasteiger partial charge on any atom is -0.491 e. The van der Waals surface area contributed by atoms with E-state index in [0.29, 0.717) is 0 Å². The van der Waals surface area contributed by atoms with Crippen LogP contribution in [0.2, 0.25) is 0 Å². The molecule has 2 aliphatic heterocycles. The van der Waals surface area contributed by atoms with Crippen molar-refractivity contribution in [3.63, 3.8) is 0 Å². The number of nitrogens with one attached hydrogen (secondary N) is 1. The van der Waals surface area contributed by atoms with Crippen LogP contribution in [0.3, 0.4) is 0 Å². The number of para-hydroxylation sites is 2. The third kappa shape index (κ3) is 2.61. The lowest BCUT2D eigenvalue weighted by Gasteiger charge is -2.25. The van der Waals surface area contributed by atoms with E-state index in [1.54, 1.807) is 0 Å². The van der Waals surface area contributed by atoms with Crippen molar-refractivity contribution >= 4 is 5.69 Å². The van der Waals surface area contributed by atoms with E-state index in [1.165, 1.54) is 31.6 Å². The first-order valence-electron chi connectivity index (χ1n) is 7.11. The Labute approximate surface area is 109 Å². The van der Waals surface area contributed by atoms with Gasteiger partial charge in [-0.1, -0.05) is 12.1 Å². The minimum absolute atomic E-state index is 0.846. The van der Waals surface area contributed by atoms with Crippen LogP contribution in [-0.4, -0.2) is 32.8 Å². The molecule has 18 heavy (non-hydrogen) atoms. The quantitative estimate of drug-likeness (QED) is 0.885. The monoisotopic (exact) mass is 246 g/mol. The van der Waals surface area contributed by atoms with Crippen LogP contribution in [0.1, 0.15) is 19.3 Å². The van der Waals surface area contributed by atoms with Gasteiger partial charge in [0.1, 0.15) is 5.75 Å². The van der Waals surface area contributed by atoms with Gasteiger partial charge in [0.25, 0.3) is 0 Å². The molecule has 0 bridgehead atoms. The highest BCUT2D eigenvalue weighted by molar-refractivity contribution is 5.58. The molecule has 0 saturated carbocycles. The summed E-state index contributed by atoms with van der Waals surface area (Å²) in [5.41, 5.74) is 1.28. The second-order valence-electron chi connectivity index (χ2n) is 5.30. The Bertz CT molecular complexity index is 388. The Morgan fingerprint density at radius 3 is 3.17 bits per heavy atom. The molecule has 1 N–H and O–H groups in total. The van der Waals surface area contributed by atoms with E-state index in [4.69, 9.17) is 4.74 Å². The van der Waals surface area contributed by atoms with Gasteiger partial charge >= 0.3 is 0 Å². The molecule has 2 heterocycles. The fraction of sp³-hybridized carbons (Fsp3) is 0.600. The highest BCUT2D eigenvalue weighted by Gasteiger charge is 2.19. The van der Waals surface area contributed by atoms with E-state index in [0.717, 1.165) is 37.8 Å². The second kappa shape index (κ2) is 5.61. The molecule has 0 radical (unpaired) electrons. The normalized spacial score (nSPS) is 23.3. The molecule has 3 nitrogen and oxygen atoms in total. The van der Waals surface area contributed by atoms with E-state index < -0.39 is 0 Å². The van der Waals surface area contributed by atoms with Crippen molar-refractivity contribution in [1.29, 1.82) is 0 Å². The standard InChI is InChI=1S/C15H22N2O/c1-2-5-15-14(4-1)17(9-3-11-18-15)10-7-13-6-8-16-12-13/h1-2,4-5,13,16H,3,6-12H2. The van der Waals surface area contributed by atoms with Gasteiger partial charge in [-0.15, -0.1) is 0 Å². The first kappa shape index (κ1) is 11.8. The number of hydrogen-bond acceptors (Lipinski definition) is 3. The fourth-order valence-corrected chi connectivity index (χ4v) is 2.93. The lowest BCUT2D eigenvalue weighted by molar-refractivity contribution is 0.322. The summed E-state index contributed by atoms with van der Waals surface area (Å²) in [5, 5.41) is 3.45. The number of benzene rings is 1. The Balaban J connectivity index is 1.67. The average molecular weight is 246 g/mol. The van der Waals surface area contributed by atoms with E-state index in [-0.39, 0.29) is 0 Å². The predicted molar refractivity (Wildman–Crippen MR) is 74.4 cm³/mol. The van der Waals surface area contributed by atoms with Crippen molar-refractivity contribution in [1.82, 2.24) is 5.32 Å². The molecule has 1 aromatic rings. The van der Waals surface area contributed by atoms with Crippen molar-refractivity contribution < 1.29 is 4.74 Å². The van der Waals surface area contributed by atoms with Gasteiger partial charge in [0.05, 0.1) is 12.3 Å². The summed E-state index contributed by atoms with van der Waals surface area (Å²) in [4.78, 5) is 2.50. The predicted octanol–water partition coefficient (Wildman–Crippen LogP) is 2.28. The molecular formula is C15H22N2O. The highest BCUT2D eigenvalue weighted by atomic mass is 16.5. The van der Waals surface area contributed by atoms with Crippen LogP contribution < -0.4 is 15.0 Å². The second-order valence-corrected chi connectivity index (χ2v) is 5.30. The van der Waals surface area contributed by atoms with Crippen molar-refractivity contribution in [2.45, 2.75) is 19.3 Å². The van der Waals surface area contributed by atoms with Gasteiger partial charge in [0, 0.05) is 13.1 Å². The number of nitrogens with zero attached hydrogens (tertiary/aromatic N) is 1. The molecule has 1 atom stereocenters. The zero-order valence-electron chi connectivity index (χ0n) is 10.9. The topological polar surface area (TPSA) is 24.5 Å². The zero-order chi connectivity index (χ0) is 12.2. The van der Waals surface area contributed by atoms with Crippen molar-refractivity contribution in [2.75, 3.05) is 37.7 Å². The molecule has 0 spiro atoms. The number of rotatable bonds is 3. The summed E-state index contributed by atoms with van der Waals surface area (Å²) < 4.78 is 5.80. The maximum Gasteiger partial charge on any atom is 0.142 e. The summed E-state index contributed by atoms with van der Waals surface area (Å²) >= 11 is 0. The zero-order valence-corrected chi connectivity index (χ0v) is 10.9. The molecule has 0 aliphatic carbocycles. The van der Waals surface area contributed by atoms with Crippen molar-refractivity contribution in [3.8, 4) is 5.75 Å². The Morgan fingerprint density at radius 1 is 1.33 bits per heavy atom. The summed E-state index contributed by atoms with van der Waals surface area (Å²) in [6.07, 6.45) is 3.75. The van der Waals surface area contributed by atoms with Gasteiger partial charge in [-0.3, -0.25) is 0 Å². The first-order chi connectivity index (χ1) is 8.93. The lowest BCUT2D eigenvalue weighted by Crippen LogP contribution is -2.27. The molecule has 3 rings (SSSR count). The molecule has 1 unspecified atom stereocenters. The van der Waals surface area contributed by atoms with Crippen LogP contribution in [0, 0.1) is 5.92 Å². The fourth-order valence-electron chi connectivity index (χ4n) is 2.93. The molecular weight excluding hydrogens is 224 g/mol. The molecule has 1 fully saturated rings. The van der Waals surface area contributed by atoms with E-state index >= 15 is 0 Å². The molecule has 0 aromatic heterocycles. The third-order valence-corrected chi connectivity index (χ3v) is 4.01. The average Bonchev–Trinajstić information content (AvgIpc) is 2.84. The maximum absolute atomic E-state index is 5.80. The van der Waals surface area contributed by atoms with Crippen LogP contribution in [0.25, 0.3) is 0 Å². The van der Waals surface area contributed by atoms with Gasteiger partial charge in [0.2, 0.25) is 0 Å². The van der Waals surface area contributed by atoms with Crippen molar-refractivity contribution in [3.05, 3.63) is 24.3 Å². The number of fused-ring (bicyclic) bond motifs is 1. The largest absolute Gasteiger partial charge is 0.491 e. The first-order valence-corrected chi connectivity index (χ1v) is 7.11. The van der Waals surface area contributed by atoms with Gasteiger partial charge in [-0.2, -0.15) is 0 Å². The van der Waals surface area contributed by atoms with Gasteiger partial charge in [-0.05, 0) is 50.4 Å². The molecule has 2 aliphatic rings. The van der Waals surface area contributed by atoms with E-state index in [9.17, 15) is 0 Å². The van der Waals surface area contributed by atoms with Crippen LogP contribution in [0.5, 0.6) is 5.75 Å². The number of ether oxygens (including phenoxy) is 1. The molecule has 1 saturated heterocycles. The lowest BCUT2D eigenvalue weighted by atomic mass is 10.0. The Kier molecular flexibility index (Phi) is 3.69. The SMILES string of the molecule is c1ccc2c(c1)OCCCN2CCC1CCNC1. The van der Waals surface area contributed by atoms with Gasteiger partial charge in [-0.25, -0.2) is 0 Å². The highest BCUT2D eigenvalue weighted by Crippen LogP contribution is 2.31. The summed E-state index contributed by atoms with van der Waals surface area (Å²) in [6, 6.07) is 8.44. The summed E-state index contributed by atoms with van der Waals surface area (Å²) in [6.45, 7) is 5.53. The van der Waals surface area contributed by atoms with E-state index in [2.05, 4.69) is 34.5 Å². The molecule has 0 amide bonds. The Morgan fingerprint density at radius 2 is 2.28 bits per heavy atom. The van der Waals surface area contributed by atoms with Crippen LogP contribution in [-0.2, 0) is 0 Å². The summed E-state index contributed by atoms with van der Waals surface area (Å²) in [7, 11) is 0. The van der Waals surface area contributed by atoms with Crippen molar-refractivity contribution in [2.24, 2.45) is 5.92 Å². The third-order valence-electron chi connectivity index (χ3n) is 4.01.